The molecule has 0 amide bonds. The van der Waals surface area contributed by atoms with Gasteiger partial charge in [-0.3, -0.25) is 0 Å². The molecule has 4 aromatic rings. The van der Waals surface area contributed by atoms with Gasteiger partial charge in [0.25, 0.3) is 0 Å². The second-order valence-electron chi connectivity index (χ2n) is 12.8. The Hall–Kier alpha value is -3.27. The molecule has 0 spiro atoms. The number of rotatable bonds is 13. The SMILES string of the molecule is CC.CCOc1ccc(Cc2cc([C@]34CC(OCc5ccccc5)[C@H](OCc5ccccc5)[C@](CCO)(CO3)O4)ccc2Cl)cc1.CN(C)C. The van der Waals surface area contributed by atoms with Crippen molar-refractivity contribution in [2.75, 3.05) is 41.0 Å². The van der Waals surface area contributed by atoms with Crippen LogP contribution in [-0.2, 0) is 44.4 Å². The molecule has 2 saturated heterocycles. The van der Waals surface area contributed by atoms with Gasteiger partial charge < -0.3 is 33.7 Å². The molecule has 0 saturated carbocycles. The highest BCUT2D eigenvalue weighted by Gasteiger charge is 2.63. The van der Waals surface area contributed by atoms with Gasteiger partial charge in [0, 0.05) is 30.0 Å². The van der Waals surface area contributed by atoms with Crippen molar-refractivity contribution in [1.82, 2.24) is 4.90 Å². The van der Waals surface area contributed by atoms with Crippen LogP contribution in [0, 0.1) is 0 Å². The molecule has 6 rings (SSSR count). The van der Waals surface area contributed by atoms with Crippen LogP contribution in [0.3, 0.4) is 0 Å². The van der Waals surface area contributed by atoms with Gasteiger partial charge in [-0.15, -0.1) is 0 Å². The van der Waals surface area contributed by atoms with Crippen LogP contribution in [0.15, 0.2) is 103 Å². The number of hydrogen-bond donors (Lipinski definition) is 1. The summed E-state index contributed by atoms with van der Waals surface area (Å²) in [5, 5.41) is 10.9. The second kappa shape index (κ2) is 19.4. The molecular weight excluding hydrogens is 650 g/mol. The van der Waals surface area contributed by atoms with Gasteiger partial charge in [0.2, 0.25) is 0 Å². The van der Waals surface area contributed by atoms with Crippen LogP contribution in [-0.4, -0.2) is 68.8 Å². The number of hydrogen-bond acceptors (Lipinski definition) is 7. The number of benzene rings is 4. The zero-order chi connectivity index (χ0) is 36.0. The highest BCUT2D eigenvalue weighted by Crippen LogP contribution is 2.53. The average Bonchev–Trinajstić information content (AvgIpc) is 3.44. The number of aliphatic hydroxyl groups excluding tert-OH is 1. The summed E-state index contributed by atoms with van der Waals surface area (Å²) in [6.45, 7) is 7.62. The quantitative estimate of drug-likeness (QED) is 0.150. The summed E-state index contributed by atoms with van der Waals surface area (Å²) in [5.41, 5.74) is 4.20. The van der Waals surface area contributed by atoms with Crippen molar-refractivity contribution >= 4 is 11.6 Å². The first-order valence-corrected chi connectivity index (χ1v) is 18.0. The molecular formula is C42H54ClNO6. The molecule has 0 aromatic heterocycles. The van der Waals surface area contributed by atoms with E-state index in [0.717, 1.165) is 33.6 Å². The summed E-state index contributed by atoms with van der Waals surface area (Å²) < 4.78 is 32.4. The summed E-state index contributed by atoms with van der Waals surface area (Å²) in [5.74, 6) is -0.225. The molecule has 8 heteroatoms. The molecule has 2 heterocycles. The van der Waals surface area contributed by atoms with Gasteiger partial charge in [-0.25, -0.2) is 0 Å². The van der Waals surface area contributed by atoms with E-state index in [4.69, 9.17) is 35.3 Å². The van der Waals surface area contributed by atoms with E-state index in [9.17, 15) is 5.11 Å². The van der Waals surface area contributed by atoms with Crippen molar-refractivity contribution in [1.29, 1.82) is 0 Å². The maximum atomic E-state index is 10.2. The fourth-order valence-electron chi connectivity index (χ4n) is 6.27. The minimum atomic E-state index is -1.07. The Labute approximate surface area is 304 Å². The number of aliphatic hydroxyl groups is 1. The largest absolute Gasteiger partial charge is 0.494 e. The van der Waals surface area contributed by atoms with Crippen molar-refractivity contribution in [3.8, 4) is 5.75 Å². The molecule has 0 aliphatic carbocycles. The fraction of sp³-hybridized carbons (Fsp3) is 0.429. The van der Waals surface area contributed by atoms with Gasteiger partial charge in [-0.1, -0.05) is 104 Å². The van der Waals surface area contributed by atoms with E-state index in [-0.39, 0.29) is 19.3 Å². The van der Waals surface area contributed by atoms with Crippen molar-refractivity contribution in [2.24, 2.45) is 0 Å². The Morgan fingerprint density at radius 2 is 1.42 bits per heavy atom. The van der Waals surface area contributed by atoms with Gasteiger partial charge in [0.1, 0.15) is 17.5 Å². The van der Waals surface area contributed by atoms with Gasteiger partial charge in [0.05, 0.1) is 32.5 Å². The van der Waals surface area contributed by atoms with Crippen LogP contribution >= 0.6 is 11.6 Å². The maximum absolute atomic E-state index is 10.2. The van der Waals surface area contributed by atoms with Crippen molar-refractivity contribution in [3.05, 3.63) is 136 Å². The van der Waals surface area contributed by atoms with E-state index < -0.39 is 17.5 Å². The fourth-order valence-corrected chi connectivity index (χ4v) is 6.46. The molecule has 7 nitrogen and oxygen atoms in total. The molecule has 2 fully saturated rings. The van der Waals surface area contributed by atoms with Crippen molar-refractivity contribution < 1.29 is 28.8 Å². The Morgan fingerprint density at radius 3 is 2.00 bits per heavy atom. The second-order valence-corrected chi connectivity index (χ2v) is 13.2. The third-order valence-corrected chi connectivity index (χ3v) is 8.84. The first-order chi connectivity index (χ1) is 24.3. The lowest BCUT2D eigenvalue weighted by atomic mass is 9.83. The Bertz CT molecular complexity index is 1550. The van der Waals surface area contributed by atoms with Crippen LogP contribution in [0.4, 0.5) is 0 Å². The van der Waals surface area contributed by atoms with E-state index in [0.29, 0.717) is 44.1 Å². The predicted octanol–water partition coefficient (Wildman–Crippen LogP) is 8.43. The van der Waals surface area contributed by atoms with Crippen LogP contribution in [0.5, 0.6) is 5.75 Å². The van der Waals surface area contributed by atoms with Gasteiger partial charge in [-0.05, 0) is 81.0 Å². The molecule has 0 radical (unpaired) electrons. The normalized spacial score (nSPS) is 22.3. The van der Waals surface area contributed by atoms with Crippen LogP contribution in [0.25, 0.3) is 0 Å². The third kappa shape index (κ3) is 10.4. The standard InChI is InChI=1S/C37H39ClO6.C3H9N.C2H6/c1-2-40-32-16-13-27(14-17-32)21-30-22-31(15-18-33(30)38)37-23-34(41-24-28-9-5-3-6-10-28)35(36(44-37,19-20-39)26-43-37)42-25-29-11-7-4-8-12-29;1-4(2)3;1-2/h3-18,22,34-35,39H,2,19-21,23-26H2,1H3;1-3H3;1-2H3/t34?,35-,36-,37+;;/m0../s1. The first kappa shape index (κ1) is 39.5. The van der Waals surface area contributed by atoms with E-state index >= 15 is 0 Å². The zero-order valence-corrected chi connectivity index (χ0v) is 31.2. The summed E-state index contributed by atoms with van der Waals surface area (Å²) >= 11 is 6.73. The zero-order valence-electron chi connectivity index (χ0n) is 30.4. The highest BCUT2D eigenvalue weighted by atomic mass is 35.5. The lowest BCUT2D eigenvalue weighted by Gasteiger charge is -2.47. The number of fused-ring (bicyclic) bond motifs is 2. The first-order valence-electron chi connectivity index (χ1n) is 17.6. The number of nitrogens with zero attached hydrogens (tertiary/aromatic N) is 1. The summed E-state index contributed by atoms with van der Waals surface area (Å²) in [6, 6.07) is 34.2. The Morgan fingerprint density at radius 1 is 0.820 bits per heavy atom. The summed E-state index contributed by atoms with van der Waals surface area (Å²) in [7, 11) is 6.00. The van der Waals surface area contributed by atoms with E-state index in [1.54, 1.807) is 0 Å². The number of ether oxygens (including phenoxy) is 5. The molecule has 2 bridgehead atoms. The van der Waals surface area contributed by atoms with Crippen LogP contribution < -0.4 is 4.74 Å². The summed E-state index contributed by atoms with van der Waals surface area (Å²) in [6.07, 6.45) is 0.618. The van der Waals surface area contributed by atoms with Crippen molar-refractivity contribution in [2.45, 2.75) is 76.8 Å². The molecule has 270 valence electrons. The van der Waals surface area contributed by atoms with Crippen LogP contribution in [0.2, 0.25) is 5.02 Å². The van der Waals surface area contributed by atoms with Gasteiger partial charge in [0.15, 0.2) is 5.79 Å². The molecule has 1 N–H and O–H groups in total. The lowest BCUT2D eigenvalue weighted by molar-refractivity contribution is -0.295. The maximum Gasteiger partial charge on any atom is 0.198 e. The van der Waals surface area contributed by atoms with Crippen molar-refractivity contribution in [3.63, 3.8) is 0 Å². The van der Waals surface area contributed by atoms with Crippen LogP contribution in [0.1, 0.15) is 61.4 Å². The Balaban J connectivity index is 0.000000875. The van der Waals surface area contributed by atoms with E-state index in [1.807, 2.05) is 120 Å². The molecule has 4 aromatic carbocycles. The minimum Gasteiger partial charge on any atom is -0.494 e. The predicted molar refractivity (Wildman–Crippen MR) is 201 cm³/mol. The highest BCUT2D eigenvalue weighted by molar-refractivity contribution is 6.31. The number of halogens is 1. The van der Waals surface area contributed by atoms with E-state index in [2.05, 4.69) is 30.3 Å². The molecule has 2 aliphatic heterocycles. The smallest absolute Gasteiger partial charge is 0.198 e. The van der Waals surface area contributed by atoms with E-state index in [1.165, 1.54) is 0 Å². The molecule has 50 heavy (non-hydrogen) atoms. The monoisotopic (exact) mass is 703 g/mol. The Kier molecular flexibility index (Phi) is 15.3. The molecule has 4 atom stereocenters. The third-order valence-electron chi connectivity index (χ3n) is 8.47. The van der Waals surface area contributed by atoms with Gasteiger partial charge >= 0.3 is 0 Å². The minimum absolute atomic E-state index is 0.0698. The average molecular weight is 704 g/mol. The molecule has 2 aliphatic rings. The lowest BCUT2D eigenvalue weighted by Crippen LogP contribution is -2.59. The molecule has 1 unspecified atom stereocenters. The van der Waals surface area contributed by atoms with Gasteiger partial charge in [-0.2, -0.15) is 0 Å². The topological polar surface area (TPSA) is 69.6 Å². The summed E-state index contributed by atoms with van der Waals surface area (Å²) in [4.78, 5) is 2.00.